The zero-order valence-electron chi connectivity index (χ0n) is 13.1. The summed E-state index contributed by atoms with van der Waals surface area (Å²) < 4.78 is 13.4. The summed E-state index contributed by atoms with van der Waals surface area (Å²) in [5.74, 6) is -1.93. The number of para-hydroxylation sites is 2. The summed E-state index contributed by atoms with van der Waals surface area (Å²) in [6, 6.07) is 10.7. The monoisotopic (exact) mass is 360 g/mol. The number of amides is 2. The minimum absolute atomic E-state index is 0.0686. The first-order valence-electron chi connectivity index (χ1n) is 7.45. The molecule has 128 valence electrons. The molecule has 8 heteroatoms. The van der Waals surface area contributed by atoms with Gasteiger partial charge in [-0.1, -0.05) is 23.7 Å². The second-order valence-electron chi connectivity index (χ2n) is 5.42. The first-order valence-corrected chi connectivity index (χ1v) is 7.83. The molecule has 3 N–H and O–H groups in total. The summed E-state index contributed by atoms with van der Waals surface area (Å²) in [5.41, 5.74) is 1.73. The van der Waals surface area contributed by atoms with Gasteiger partial charge >= 0.3 is 11.8 Å². The van der Waals surface area contributed by atoms with E-state index in [1.165, 1.54) is 12.1 Å². The van der Waals surface area contributed by atoms with E-state index in [-0.39, 0.29) is 10.7 Å². The standard InChI is InChI=1S/C17H14ClFN4O2/c1-9(15-22-13-4-2-3-5-14(13)23-15)20-16(24)17(25)21-10-6-7-11(18)12(19)8-10/h2-9H,1H3,(H,20,24)(H,21,25)(H,22,23)/t9-/m0/s1. The van der Waals surface area contributed by atoms with Gasteiger partial charge in [0.2, 0.25) is 0 Å². The van der Waals surface area contributed by atoms with Crippen LogP contribution in [0.5, 0.6) is 0 Å². The molecule has 6 nitrogen and oxygen atoms in total. The van der Waals surface area contributed by atoms with Crippen LogP contribution in [0.1, 0.15) is 18.8 Å². The maximum absolute atomic E-state index is 13.4. The fourth-order valence-corrected chi connectivity index (χ4v) is 2.39. The number of nitrogens with zero attached hydrogens (tertiary/aromatic N) is 1. The molecule has 0 bridgehead atoms. The van der Waals surface area contributed by atoms with Gasteiger partial charge in [-0.25, -0.2) is 9.37 Å². The van der Waals surface area contributed by atoms with Gasteiger partial charge in [-0.2, -0.15) is 0 Å². The summed E-state index contributed by atoms with van der Waals surface area (Å²) >= 11 is 5.57. The molecule has 0 aliphatic rings. The molecule has 2 amide bonds. The minimum Gasteiger partial charge on any atom is -0.340 e. The topological polar surface area (TPSA) is 86.9 Å². The number of carbonyl (C=O) groups excluding carboxylic acids is 2. The fraction of sp³-hybridized carbons (Fsp3) is 0.118. The molecule has 0 radical (unpaired) electrons. The van der Waals surface area contributed by atoms with E-state index in [9.17, 15) is 14.0 Å². The van der Waals surface area contributed by atoms with Crippen molar-refractivity contribution in [1.29, 1.82) is 0 Å². The Morgan fingerprint density at radius 3 is 2.68 bits per heavy atom. The van der Waals surface area contributed by atoms with E-state index in [1.54, 1.807) is 6.92 Å². The van der Waals surface area contributed by atoms with Gasteiger partial charge in [0.15, 0.2) is 0 Å². The molecule has 1 aromatic heterocycles. The molecule has 2 aromatic carbocycles. The van der Waals surface area contributed by atoms with Crippen LogP contribution in [0.4, 0.5) is 10.1 Å². The number of fused-ring (bicyclic) bond motifs is 1. The fourth-order valence-electron chi connectivity index (χ4n) is 2.27. The predicted octanol–water partition coefficient (Wildman–Crippen LogP) is 3.17. The van der Waals surface area contributed by atoms with Crippen molar-refractivity contribution in [3.63, 3.8) is 0 Å². The van der Waals surface area contributed by atoms with Gasteiger partial charge in [0.25, 0.3) is 0 Å². The number of anilines is 1. The van der Waals surface area contributed by atoms with Crippen LogP contribution in [0.3, 0.4) is 0 Å². The lowest BCUT2D eigenvalue weighted by Gasteiger charge is -2.11. The molecule has 0 fully saturated rings. The molecule has 0 aliphatic carbocycles. The van der Waals surface area contributed by atoms with Gasteiger partial charge in [-0.05, 0) is 37.3 Å². The Morgan fingerprint density at radius 2 is 1.96 bits per heavy atom. The number of carbonyl (C=O) groups is 2. The molecule has 3 aromatic rings. The number of halogens is 2. The van der Waals surface area contributed by atoms with Gasteiger partial charge in [0.05, 0.1) is 22.1 Å². The highest BCUT2D eigenvalue weighted by Gasteiger charge is 2.19. The average molecular weight is 361 g/mol. The maximum Gasteiger partial charge on any atom is 0.313 e. The Morgan fingerprint density at radius 1 is 1.20 bits per heavy atom. The Hall–Kier alpha value is -2.93. The first-order chi connectivity index (χ1) is 11.9. The van der Waals surface area contributed by atoms with Gasteiger partial charge < -0.3 is 15.6 Å². The lowest BCUT2D eigenvalue weighted by Crippen LogP contribution is -2.37. The van der Waals surface area contributed by atoms with Gasteiger partial charge in [-0.3, -0.25) is 9.59 Å². The minimum atomic E-state index is -0.912. The normalized spacial score (nSPS) is 12.0. The van der Waals surface area contributed by atoms with E-state index in [4.69, 9.17) is 11.6 Å². The van der Waals surface area contributed by atoms with Crippen LogP contribution in [0.25, 0.3) is 11.0 Å². The smallest absolute Gasteiger partial charge is 0.313 e. The highest BCUT2D eigenvalue weighted by atomic mass is 35.5. The Kier molecular flexibility index (Phi) is 4.67. The molecular weight excluding hydrogens is 347 g/mol. The third-order valence-corrected chi connectivity index (χ3v) is 3.86. The van der Waals surface area contributed by atoms with E-state index in [1.807, 2.05) is 24.3 Å². The van der Waals surface area contributed by atoms with Gasteiger partial charge in [0.1, 0.15) is 11.6 Å². The molecule has 3 rings (SSSR count). The summed E-state index contributed by atoms with van der Waals surface area (Å²) in [4.78, 5) is 31.4. The Labute approximate surface area is 147 Å². The second-order valence-corrected chi connectivity index (χ2v) is 5.82. The van der Waals surface area contributed by atoms with Crippen molar-refractivity contribution < 1.29 is 14.0 Å². The molecule has 0 saturated heterocycles. The SMILES string of the molecule is C[C@H](NC(=O)C(=O)Nc1ccc(Cl)c(F)c1)c1nc2ccccc2[nH]1. The number of benzene rings is 2. The van der Waals surface area contributed by atoms with Crippen LogP contribution in [0.2, 0.25) is 5.02 Å². The van der Waals surface area contributed by atoms with Gasteiger partial charge in [0, 0.05) is 5.69 Å². The third kappa shape index (κ3) is 3.77. The molecule has 0 saturated carbocycles. The van der Waals surface area contributed by atoms with Crippen LogP contribution in [-0.2, 0) is 9.59 Å². The third-order valence-electron chi connectivity index (χ3n) is 3.55. The summed E-state index contributed by atoms with van der Waals surface area (Å²) in [6.45, 7) is 1.70. The zero-order valence-corrected chi connectivity index (χ0v) is 13.9. The maximum atomic E-state index is 13.4. The van der Waals surface area contributed by atoms with E-state index in [0.717, 1.165) is 17.1 Å². The summed E-state index contributed by atoms with van der Waals surface area (Å²) in [5, 5.41) is 4.78. The van der Waals surface area contributed by atoms with Crippen molar-refractivity contribution in [2.45, 2.75) is 13.0 Å². The van der Waals surface area contributed by atoms with Crippen LogP contribution in [-0.4, -0.2) is 21.8 Å². The Bertz CT molecular complexity index is 924. The van der Waals surface area contributed by atoms with Crippen molar-refractivity contribution in [3.8, 4) is 0 Å². The molecule has 1 heterocycles. The van der Waals surface area contributed by atoms with E-state index in [2.05, 4.69) is 20.6 Å². The average Bonchev–Trinajstić information content (AvgIpc) is 3.02. The predicted molar refractivity (Wildman–Crippen MR) is 92.7 cm³/mol. The molecule has 0 aliphatic heterocycles. The quantitative estimate of drug-likeness (QED) is 0.627. The second kappa shape index (κ2) is 6.90. The number of H-pyrrole nitrogens is 1. The number of hydrogen-bond donors (Lipinski definition) is 3. The van der Waals surface area contributed by atoms with Gasteiger partial charge in [-0.15, -0.1) is 0 Å². The molecular formula is C17H14ClFN4O2. The highest BCUT2D eigenvalue weighted by Crippen LogP contribution is 2.19. The summed E-state index contributed by atoms with van der Waals surface area (Å²) in [6.07, 6.45) is 0. The van der Waals surface area contributed by atoms with E-state index >= 15 is 0 Å². The number of imidazole rings is 1. The number of rotatable bonds is 3. The number of hydrogen-bond acceptors (Lipinski definition) is 3. The molecule has 0 unspecified atom stereocenters. The molecule has 25 heavy (non-hydrogen) atoms. The lowest BCUT2D eigenvalue weighted by atomic mass is 10.3. The van der Waals surface area contributed by atoms with Crippen molar-refractivity contribution in [2.24, 2.45) is 0 Å². The number of aromatic amines is 1. The van der Waals surface area contributed by atoms with Crippen LogP contribution >= 0.6 is 11.6 Å². The van der Waals surface area contributed by atoms with Crippen LogP contribution in [0.15, 0.2) is 42.5 Å². The highest BCUT2D eigenvalue weighted by molar-refractivity contribution is 6.39. The Balaban J connectivity index is 1.65. The largest absolute Gasteiger partial charge is 0.340 e. The zero-order chi connectivity index (χ0) is 18.0. The molecule has 1 atom stereocenters. The van der Waals surface area contributed by atoms with Crippen molar-refractivity contribution >= 4 is 40.1 Å². The van der Waals surface area contributed by atoms with Crippen molar-refractivity contribution in [1.82, 2.24) is 15.3 Å². The summed E-state index contributed by atoms with van der Waals surface area (Å²) in [7, 11) is 0. The van der Waals surface area contributed by atoms with E-state index in [0.29, 0.717) is 5.82 Å². The first kappa shape index (κ1) is 16.9. The van der Waals surface area contributed by atoms with E-state index < -0.39 is 23.7 Å². The number of nitrogens with one attached hydrogen (secondary N) is 3. The van der Waals surface area contributed by atoms with Crippen LogP contribution < -0.4 is 10.6 Å². The number of aromatic nitrogens is 2. The van der Waals surface area contributed by atoms with Crippen molar-refractivity contribution in [2.75, 3.05) is 5.32 Å². The molecule has 0 spiro atoms. The van der Waals surface area contributed by atoms with Crippen LogP contribution in [0, 0.1) is 5.82 Å². The van der Waals surface area contributed by atoms with Crippen molar-refractivity contribution in [3.05, 3.63) is 59.1 Å². The lowest BCUT2D eigenvalue weighted by molar-refractivity contribution is -0.136.